The Morgan fingerprint density at radius 3 is 2.06 bits per heavy atom. The molecule has 2 aromatic rings. The van der Waals surface area contributed by atoms with Gasteiger partial charge in [0, 0.05) is 19.5 Å². The molecular weight excluding hydrogens is 220 g/mol. The molecule has 0 amide bonds. The first kappa shape index (κ1) is 12.5. The lowest BCUT2D eigenvalue weighted by Gasteiger charge is -2.18. The van der Waals surface area contributed by atoms with Crippen LogP contribution in [0.3, 0.4) is 0 Å². The fourth-order valence-electron chi connectivity index (χ4n) is 2.19. The van der Waals surface area contributed by atoms with E-state index in [2.05, 4.69) is 29.3 Å². The van der Waals surface area contributed by atoms with E-state index >= 15 is 0 Å². The highest BCUT2D eigenvalue weighted by Gasteiger charge is 2.17. The third kappa shape index (κ3) is 2.66. The second kappa shape index (κ2) is 6.12. The Labute approximate surface area is 108 Å². The molecule has 1 atom stereocenters. The first-order chi connectivity index (χ1) is 8.86. The molecule has 2 N–H and O–H groups in total. The second-order valence-corrected chi connectivity index (χ2v) is 4.17. The molecule has 0 saturated carbocycles. The van der Waals surface area contributed by atoms with Crippen LogP contribution in [0.4, 0.5) is 0 Å². The molecule has 18 heavy (non-hydrogen) atoms. The highest BCUT2D eigenvalue weighted by atomic mass is 14.7. The maximum Gasteiger partial charge on any atom is 0.0504 e. The molecule has 2 nitrogen and oxygen atoms in total. The summed E-state index contributed by atoms with van der Waals surface area (Å²) in [5.41, 5.74) is 9.33. The van der Waals surface area contributed by atoms with Crippen molar-refractivity contribution in [1.29, 1.82) is 0 Å². The number of hydrogen-bond acceptors (Lipinski definition) is 2. The summed E-state index contributed by atoms with van der Waals surface area (Å²) in [5.74, 6) is 0.151. The summed E-state index contributed by atoms with van der Waals surface area (Å²) in [7, 11) is 1.83. The fraction of sp³-hybridized carbons (Fsp3) is 0.188. The van der Waals surface area contributed by atoms with Crippen LogP contribution in [-0.4, -0.2) is 19.3 Å². The lowest BCUT2D eigenvalue weighted by molar-refractivity contribution is 0.886. The van der Waals surface area contributed by atoms with Gasteiger partial charge >= 0.3 is 0 Å². The normalized spacial score (nSPS) is 13.3. The van der Waals surface area contributed by atoms with Gasteiger partial charge in [-0.15, -0.1) is 0 Å². The molecule has 0 saturated heterocycles. The number of hydrogen-bond donors (Lipinski definition) is 1. The van der Waals surface area contributed by atoms with Crippen LogP contribution in [0.5, 0.6) is 0 Å². The predicted molar refractivity (Wildman–Crippen MR) is 77.1 cm³/mol. The highest BCUT2D eigenvalue weighted by molar-refractivity contribution is 6.05. The molecule has 2 heteroatoms. The molecule has 2 rings (SSSR count). The Kier molecular flexibility index (Phi) is 4.26. The molecule has 0 spiro atoms. The van der Waals surface area contributed by atoms with E-state index in [1.807, 2.05) is 43.4 Å². The van der Waals surface area contributed by atoms with Gasteiger partial charge in [-0.25, -0.2) is 0 Å². The van der Waals surface area contributed by atoms with Crippen LogP contribution in [0.15, 0.2) is 65.7 Å². The third-order valence-electron chi connectivity index (χ3n) is 3.08. The van der Waals surface area contributed by atoms with E-state index in [0.717, 1.165) is 11.3 Å². The zero-order valence-electron chi connectivity index (χ0n) is 10.6. The van der Waals surface area contributed by atoms with Gasteiger partial charge < -0.3 is 5.73 Å². The highest BCUT2D eigenvalue weighted by Crippen LogP contribution is 2.20. The van der Waals surface area contributed by atoms with Gasteiger partial charge in [-0.3, -0.25) is 4.99 Å². The van der Waals surface area contributed by atoms with Gasteiger partial charge in [0.15, 0.2) is 0 Å². The SMILES string of the molecule is C/N=C(/c1ccccc1)C(CN)c1ccccc1. The second-order valence-electron chi connectivity index (χ2n) is 4.17. The van der Waals surface area contributed by atoms with Crippen LogP contribution in [0.2, 0.25) is 0 Å². The fourth-order valence-corrected chi connectivity index (χ4v) is 2.19. The monoisotopic (exact) mass is 238 g/mol. The Bertz CT molecular complexity index is 503. The molecule has 0 bridgehead atoms. The summed E-state index contributed by atoms with van der Waals surface area (Å²) in [5, 5.41) is 0. The van der Waals surface area contributed by atoms with Crippen molar-refractivity contribution in [3.63, 3.8) is 0 Å². The average Bonchev–Trinajstić information content (AvgIpc) is 2.46. The topological polar surface area (TPSA) is 38.4 Å². The molecule has 2 aromatic carbocycles. The molecule has 0 aromatic heterocycles. The van der Waals surface area contributed by atoms with E-state index < -0.39 is 0 Å². The van der Waals surface area contributed by atoms with Crippen LogP contribution < -0.4 is 5.73 Å². The molecule has 0 fully saturated rings. The summed E-state index contributed by atoms with van der Waals surface area (Å²) >= 11 is 0. The minimum Gasteiger partial charge on any atom is -0.329 e. The molecule has 0 radical (unpaired) electrons. The number of nitrogens with two attached hydrogens (primary N) is 1. The number of rotatable bonds is 4. The van der Waals surface area contributed by atoms with Gasteiger partial charge in [0.1, 0.15) is 0 Å². The number of aliphatic imine (C=N–C) groups is 1. The van der Waals surface area contributed by atoms with E-state index in [1.165, 1.54) is 5.56 Å². The molecule has 1 unspecified atom stereocenters. The first-order valence-electron chi connectivity index (χ1n) is 6.14. The van der Waals surface area contributed by atoms with Gasteiger partial charge in [-0.05, 0) is 11.1 Å². The summed E-state index contributed by atoms with van der Waals surface area (Å²) in [6, 6.07) is 20.5. The minimum absolute atomic E-state index is 0.151. The Morgan fingerprint density at radius 1 is 1.00 bits per heavy atom. The number of benzene rings is 2. The van der Waals surface area contributed by atoms with E-state index in [-0.39, 0.29) is 5.92 Å². The van der Waals surface area contributed by atoms with Crippen molar-refractivity contribution in [1.82, 2.24) is 0 Å². The summed E-state index contributed by atoms with van der Waals surface area (Å²) in [6.45, 7) is 0.561. The van der Waals surface area contributed by atoms with Gasteiger partial charge in [0.2, 0.25) is 0 Å². The standard InChI is InChI=1S/C16H18N2/c1-18-16(14-10-6-3-7-11-14)15(12-17)13-8-4-2-5-9-13/h2-11,15H,12,17H2,1H3/b18-16-. The third-order valence-corrected chi connectivity index (χ3v) is 3.08. The lowest BCUT2D eigenvalue weighted by Crippen LogP contribution is -2.22. The first-order valence-corrected chi connectivity index (χ1v) is 6.14. The maximum atomic E-state index is 5.94. The van der Waals surface area contributed by atoms with Gasteiger partial charge in [-0.1, -0.05) is 60.7 Å². The summed E-state index contributed by atoms with van der Waals surface area (Å²) in [4.78, 5) is 4.44. The van der Waals surface area contributed by atoms with Crippen molar-refractivity contribution in [3.8, 4) is 0 Å². The van der Waals surface area contributed by atoms with Gasteiger partial charge in [0.05, 0.1) is 5.71 Å². The van der Waals surface area contributed by atoms with Crippen LogP contribution in [0.1, 0.15) is 17.0 Å². The molecule has 0 aliphatic carbocycles. The van der Waals surface area contributed by atoms with Crippen LogP contribution >= 0.6 is 0 Å². The summed E-state index contributed by atoms with van der Waals surface area (Å²) in [6.07, 6.45) is 0. The molecule has 0 aliphatic rings. The lowest BCUT2D eigenvalue weighted by atomic mass is 9.90. The molecule has 0 aliphatic heterocycles. The van der Waals surface area contributed by atoms with Crippen molar-refractivity contribution in [2.75, 3.05) is 13.6 Å². The average molecular weight is 238 g/mol. The minimum atomic E-state index is 0.151. The largest absolute Gasteiger partial charge is 0.329 e. The zero-order valence-corrected chi connectivity index (χ0v) is 10.6. The number of nitrogens with zero attached hydrogens (tertiary/aromatic N) is 1. The molecular formula is C16H18N2. The Hall–Kier alpha value is -1.93. The van der Waals surface area contributed by atoms with Crippen LogP contribution in [-0.2, 0) is 0 Å². The van der Waals surface area contributed by atoms with Crippen molar-refractivity contribution >= 4 is 5.71 Å². The Morgan fingerprint density at radius 2 is 1.56 bits per heavy atom. The predicted octanol–water partition coefficient (Wildman–Crippen LogP) is 2.85. The van der Waals surface area contributed by atoms with Crippen LogP contribution in [0, 0.1) is 0 Å². The smallest absolute Gasteiger partial charge is 0.0504 e. The van der Waals surface area contributed by atoms with Crippen molar-refractivity contribution in [3.05, 3.63) is 71.8 Å². The van der Waals surface area contributed by atoms with Gasteiger partial charge in [0.25, 0.3) is 0 Å². The van der Waals surface area contributed by atoms with Crippen molar-refractivity contribution < 1.29 is 0 Å². The van der Waals surface area contributed by atoms with Crippen molar-refractivity contribution in [2.45, 2.75) is 5.92 Å². The Balaban J connectivity index is 2.38. The van der Waals surface area contributed by atoms with Gasteiger partial charge in [-0.2, -0.15) is 0 Å². The zero-order chi connectivity index (χ0) is 12.8. The molecule has 92 valence electrons. The van der Waals surface area contributed by atoms with E-state index in [0.29, 0.717) is 6.54 Å². The van der Waals surface area contributed by atoms with Crippen molar-refractivity contribution in [2.24, 2.45) is 10.7 Å². The quantitative estimate of drug-likeness (QED) is 0.817. The maximum absolute atomic E-state index is 5.94. The van der Waals surface area contributed by atoms with E-state index in [4.69, 9.17) is 5.73 Å². The van der Waals surface area contributed by atoms with E-state index in [9.17, 15) is 0 Å². The molecule has 0 heterocycles. The van der Waals surface area contributed by atoms with E-state index in [1.54, 1.807) is 0 Å². The summed E-state index contributed by atoms with van der Waals surface area (Å²) < 4.78 is 0. The van der Waals surface area contributed by atoms with Crippen LogP contribution in [0.25, 0.3) is 0 Å².